The van der Waals surface area contributed by atoms with Crippen molar-refractivity contribution >= 4 is 16.8 Å². The minimum atomic E-state index is -0.236. The molecule has 0 spiro atoms. The summed E-state index contributed by atoms with van der Waals surface area (Å²) in [4.78, 5) is 28.6. The Hall–Kier alpha value is -1.84. The second-order valence-electron chi connectivity index (χ2n) is 4.83. The van der Waals surface area contributed by atoms with E-state index in [1.54, 1.807) is 18.2 Å². The number of carbonyl (C=O) groups is 1. The maximum absolute atomic E-state index is 12.2. The fourth-order valence-corrected chi connectivity index (χ4v) is 2.26. The van der Waals surface area contributed by atoms with Gasteiger partial charge in [0, 0.05) is 11.5 Å². The molecule has 1 aromatic carbocycles. The van der Waals surface area contributed by atoms with Crippen LogP contribution in [-0.4, -0.2) is 15.8 Å². The number of benzene rings is 1. The van der Waals surface area contributed by atoms with Crippen LogP contribution in [0.25, 0.3) is 11.0 Å². The maximum atomic E-state index is 12.2. The van der Waals surface area contributed by atoms with Crippen molar-refractivity contribution in [1.29, 1.82) is 0 Å². The highest BCUT2D eigenvalue weighted by molar-refractivity contribution is 6.00. The Morgan fingerprint density at radius 1 is 1.29 bits per heavy atom. The number of hydrogen-bond acceptors (Lipinski definition) is 2. The van der Waals surface area contributed by atoms with E-state index in [4.69, 9.17) is 0 Å². The average molecular weight is 230 g/mol. The van der Waals surface area contributed by atoms with Crippen molar-refractivity contribution in [3.63, 3.8) is 0 Å². The van der Waals surface area contributed by atoms with Gasteiger partial charge in [0.15, 0.2) is 5.78 Å². The molecule has 0 amide bonds. The normalized spacial score (nSPS) is 17.2. The van der Waals surface area contributed by atoms with E-state index in [1.807, 2.05) is 6.92 Å². The molecule has 1 unspecified atom stereocenters. The Bertz CT molecular complexity index is 634. The third kappa shape index (κ3) is 1.79. The van der Waals surface area contributed by atoms with Gasteiger partial charge in [0.2, 0.25) is 0 Å². The molecule has 2 N–H and O–H groups in total. The number of aromatic nitrogens is 2. The van der Waals surface area contributed by atoms with Gasteiger partial charge in [-0.2, -0.15) is 0 Å². The molecule has 0 saturated heterocycles. The van der Waals surface area contributed by atoms with Gasteiger partial charge in [-0.1, -0.05) is 6.92 Å². The number of hydrogen-bond donors (Lipinski definition) is 2. The minimum Gasteiger partial charge on any atom is -0.306 e. The number of rotatable bonds is 3. The van der Waals surface area contributed by atoms with Crippen LogP contribution in [0.4, 0.5) is 0 Å². The Balaban J connectivity index is 1.99. The molecule has 2 aromatic rings. The lowest BCUT2D eigenvalue weighted by atomic mass is 9.95. The molecular weight excluding hydrogens is 216 g/mol. The van der Waals surface area contributed by atoms with Crippen LogP contribution in [0.5, 0.6) is 0 Å². The highest BCUT2D eigenvalue weighted by atomic mass is 16.1. The molecule has 1 aliphatic carbocycles. The molecule has 1 heterocycles. The van der Waals surface area contributed by atoms with Gasteiger partial charge in [-0.25, -0.2) is 4.79 Å². The number of aromatic amines is 2. The van der Waals surface area contributed by atoms with E-state index in [1.165, 1.54) is 0 Å². The van der Waals surface area contributed by atoms with E-state index >= 15 is 0 Å². The molecule has 3 rings (SSSR count). The van der Waals surface area contributed by atoms with Crippen molar-refractivity contribution < 1.29 is 4.79 Å². The van der Waals surface area contributed by atoms with Crippen molar-refractivity contribution in [1.82, 2.24) is 9.97 Å². The van der Waals surface area contributed by atoms with Gasteiger partial charge in [-0.15, -0.1) is 0 Å². The first-order valence-corrected chi connectivity index (χ1v) is 5.91. The number of Topliss-reactive ketones (excluding diaryl/α,β-unsaturated/α-hetero) is 1. The van der Waals surface area contributed by atoms with Crippen molar-refractivity contribution in [3.05, 3.63) is 34.2 Å². The number of fused-ring (bicyclic) bond motifs is 1. The Morgan fingerprint density at radius 2 is 2.00 bits per heavy atom. The van der Waals surface area contributed by atoms with Crippen LogP contribution >= 0.6 is 0 Å². The van der Waals surface area contributed by atoms with Gasteiger partial charge in [0.1, 0.15) is 0 Å². The second-order valence-corrected chi connectivity index (χ2v) is 4.83. The van der Waals surface area contributed by atoms with Gasteiger partial charge < -0.3 is 9.97 Å². The van der Waals surface area contributed by atoms with Gasteiger partial charge >= 0.3 is 5.69 Å². The van der Waals surface area contributed by atoms with Gasteiger partial charge in [0.05, 0.1) is 11.0 Å². The van der Waals surface area contributed by atoms with E-state index in [2.05, 4.69) is 9.97 Å². The van der Waals surface area contributed by atoms with Gasteiger partial charge in [-0.3, -0.25) is 4.79 Å². The van der Waals surface area contributed by atoms with Crippen molar-refractivity contribution in [2.75, 3.05) is 0 Å². The summed E-state index contributed by atoms with van der Waals surface area (Å²) in [5.41, 5.74) is 1.89. The third-order valence-corrected chi connectivity index (χ3v) is 3.54. The molecule has 4 nitrogen and oxygen atoms in total. The zero-order valence-corrected chi connectivity index (χ0v) is 9.62. The van der Waals surface area contributed by atoms with Crippen LogP contribution in [0.3, 0.4) is 0 Å². The highest BCUT2D eigenvalue weighted by Crippen LogP contribution is 2.38. The molecule has 0 bridgehead atoms. The number of H-pyrrole nitrogens is 2. The smallest absolute Gasteiger partial charge is 0.306 e. The monoisotopic (exact) mass is 230 g/mol. The van der Waals surface area contributed by atoms with E-state index in [-0.39, 0.29) is 17.4 Å². The summed E-state index contributed by atoms with van der Waals surface area (Å²) in [5.74, 6) is 0.832. The van der Waals surface area contributed by atoms with E-state index in [0.29, 0.717) is 17.0 Å². The summed E-state index contributed by atoms with van der Waals surface area (Å²) in [7, 11) is 0. The number of nitrogens with one attached hydrogen (secondary N) is 2. The van der Waals surface area contributed by atoms with Crippen LogP contribution in [0.15, 0.2) is 23.0 Å². The lowest BCUT2D eigenvalue weighted by Gasteiger charge is -2.08. The molecule has 1 saturated carbocycles. The van der Waals surface area contributed by atoms with E-state index in [9.17, 15) is 9.59 Å². The molecule has 88 valence electrons. The summed E-state index contributed by atoms with van der Waals surface area (Å²) in [6.45, 7) is 1.99. The fraction of sp³-hybridized carbons (Fsp3) is 0.385. The highest BCUT2D eigenvalue weighted by Gasteiger charge is 2.32. The molecule has 1 aromatic heterocycles. The quantitative estimate of drug-likeness (QED) is 0.793. The zero-order valence-electron chi connectivity index (χ0n) is 9.62. The third-order valence-electron chi connectivity index (χ3n) is 3.54. The Morgan fingerprint density at radius 3 is 2.71 bits per heavy atom. The standard InChI is InChI=1S/C13H14N2O2/c1-7(8-2-3-8)12(16)9-4-5-10-11(6-9)15-13(17)14-10/h4-8H,2-3H2,1H3,(H2,14,15,17). The predicted octanol–water partition coefficient (Wildman–Crippen LogP) is 2.08. The summed E-state index contributed by atoms with van der Waals surface area (Å²) < 4.78 is 0. The summed E-state index contributed by atoms with van der Waals surface area (Å²) in [6, 6.07) is 5.32. The Kier molecular flexibility index (Phi) is 2.18. The second kappa shape index (κ2) is 3.58. The largest absolute Gasteiger partial charge is 0.323 e. The van der Waals surface area contributed by atoms with Gasteiger partial charge in [-0.05, 0) is 37.0 Å². The summed E-state index contributed by atoms with van der Waals surface area (Å²) >= 11 is 0. The number of imidazole rings is 1. The zero-order chi connectivity index (χ0) is 12.0. The molecule has 17 heavy (non-hydrogen) atoms. The molecule has 1 atom stereocenters. The molecular formula is C13H14N2O2. The lowest BCUT2D eigenvalue weighted by molar-refractivity contribution is 0.0916. The van der Waals surface area contributed by atoms with Crippen molar-refractivity contribution in [2.24, 2.45) is 11.8 Å². The molecule has 0 aliphatic heterocycles. The van der Waals surface area contributed by atoms with Crippen LogP contribution in [0.1, 0.15) is 30.1 Å². The molecule has 4 heteroatoms. The minimum absolute atomic E-state index is 0.0955. The first-order chi connectivity index (χ1) is 8.15. The average Bonchev–Trinajstić information content (AvgIpc) is 3.08. The van der Waals surface area contributed by atoms with E-state index < -0.39 is 0 Å². The van der Waals surface area contributed by atoms with Crippen LogP contribution in [0.2, 0.25) is 0 Å². The first kappa shape index (κ1) is 10.3. The van der Waals surface area contributed by atoms with Crippen LogP contribution in [-0.2, 0) is 0 Å². The predicted molar refractivity (Wildman–Crippen MR) is 65.1 cm³/mol. The Labute approximate surface area is 98.0 Å². The lowest BCUT2D eigenvalue weighted by Crippen LogP contribution is -2.13. The van der Waals surface area contributed by atoms with E-state index in [0.717, 1.165) is 18.4 Å². The SMILES string of the molecule is CC(C(=O)c1ccc2[nH]c(=O)[nH]c2c1)C1CC1. The van der Waals surface area contributed by atoms with Crippen molar-refractivity contribution in [3.8, 4) is 0 Å². The van der Waals surface area contributed by atoms with Crippen LogP contribution < -0.4 is 5.69 Å². The number of ketones is 1. The first-order valence-electron chi connectivity index (χ1n) is 5.91. The fourth-order valence-electron chi connectivity index (χ4n) is 2.26. The number of carbonyl (C=O) groups excluding carboxylic acids is 1. The summed E-state index contributed by atoms with van der Waals surface area (Å²) in [6.07, 6.45) is 2.33. The summed E-state index contributed by atoms with van der Waals surface area (Å²) in [5, 5.41) is 0. The topological polar surface area (TPSA) is 65.7 Å². The van der Waals surface area contributed by atoms with Crippen molar-refractivity contribution in [2.45, 2.75) is 19.8 Å². The molecule has 0 radical (unpaired) electrons. The van der Waals surface area contributed by atoms with Gasteiger partial charge in [0.25, 0.3) is 0 Å². The van der Waals surface area contributed by atoms with Crippen LogP contribution in [0, 0.1) is 11.8 Å². The molecule has 1 fully saturated rings. The molecule has 1 aliphatic rings. The maximum Gasteiger partial charge on any atom is 0.323 e.